The lowest BCUT2D eigenvalue weighted by Crippen LogP contribution is -2.26. The number of hydrogen-bond acceptors (Lipinski definition) is 3. The fourth-order valence-corrected chi connectivity index (χ4v) is 2.24. The first-order valence-electron chi connectivity index (χ1n) is 6.03. The second kappa shape index (κ2) is 5.97. The van der Waals surface area contributed by atoms with Gasteiger partial charge >= 0.3 is 0 Å². The molecule has 1 aliphatic heterocycles. The zero-order valence-corrected chi connectivity index (χ0v) is 9.93. The average Bonchev–Trinajstić information content (AvgIpc) is 2.72. The first-order chi connectivity index (χ1) is 7.86. The number of aromatic nitrogens is 1. The van der Waals surface area contributed by atoms with Gasteiger partial charge in [-0.1, -0.05) is 6.07 Å². The molecule has 0 N–H and O–H groups in total. The average molecular weight is 220 g/mol. The summed E-state index contributed by atoms with van der Waals surface area (Å²) < 4.78 is 5.66. The molecule has 1 aromatic rings. The fourth-order valence-electron chi connectivity index (χ4n) is 2.24. The molecule has 1 aliphatic rings. The van der Waals surface area contributed by atoms with Crippen LogP contribution in [-0.2, 0) is 11.3 Å². The van der Waals surface area contributed by atoms with E-state index in [4.69, 9.17) is 4.74 Å². The first-order valence-corrected chi connectivity index (χ1v) is 6.03. The summed E-state index contributed by atoms with van der Waals surface area (Å²) in [6.45, 7) is 2.78. The third kappa shape index (κ3) is 3.29. The van der Waals surface area contributed by atoms with E-state index in [0.717, 1.165) is 24.6 Å². The number of rotatable bonds is 5. The van der Waals surface area contributed by atoms with Crippen LogP contribution in [0.1, 0.15) is 24.8 Å². The Balaban J connectivity index is 1.62. The minimum atomic E-state index is 0.685. The Hall–Kier alpha value is -0.930. The molecule has 0 spiro atoms. The monoisotopic (exact) mass is 220 g/mol. The standard InChI is InChI=1S/C13H20N2O/c1-15-8-3-5-13(15)6-9-16-11-12-4-2-7-14-10-12/h2,4,7,10,13H,3,5-6,8-9,11H2,1H3/t13-/m0/s1. The van der Waals surface area contributed by atoms with Gasteiger partial charge in [0.15, 0.2) is 0 Å². The van der Waals surface area contributed by atoms with E-state index >= 15 is 0 Å². The van der Waals surface area contributed by atoms with Gasteiger partial charge in [0, 0.05) is 25.0 Å². The minimum absolute atomic E-state index is 0.685. The molecule has 0 saturated carbocycles. The molecule has 2 heterocycles. The predicted octanol–water partition coefficient (Wildman–Crippen LogP) is 2.08. The third-order valence-electron chi connectivity index (χ3n) is 3.26. The van der Waals surface area contributed by atoms with Gasteiger partial charge in [-0.25, -0.2) is 0 Å². The Morgan fingerprint density at radius 1 is 1.56 bits per heavy atom. The van der Waals surface area contributed by atoms with Crippen molar-refractivity contribution in [3.63, 3.8) is 0 Å². The summed E-state index contributed by atoms with van der Waals surface area (Å²) in [6, 6.07) is 4.73. The van der Waals surface area contributed by atoms with E-state index in [0.29, 0.717) is 6.61 Å². The maximum Gasteiger partial charge on any atom is 0.0731 e. The Morgan fingerprint density at radius 3 is 3.19 bits per heavy atom. The second-order valence-electron chi connectivity index (χ2n) is 4.48. The van der Waals surface area contributed by atoms with Gasteiger partial charge in [-0.15, -0.1) is 0 Å². The van der Waals surface area contributed by atoms with Crippen molar-refractivity contribution in [1.82, 2.24) is 9.88 Å². The Bertz CT molecular complexity index is 302. The fraction of sp³-hybridized carbons (Fsp3) is 0.615. The molecule has 0 radical (unpaired) electrons. The van der Waals surface area contributed by atoms with E-state index in [1.165, 1.54) is 19.4 Å². The van der Waals surface area contributed by atoms with Gasteiger partial charge in [0.2, 0.25) is 0 Å². The summed E-state index contributed by atoms with van der Waals surface area (Å²) in [5, 5.41) is 0. The summed E-state index contributed by atoms with van der Waals surface area (Å²) in [5.41, 5.74) is 1.15. The molecular formula is C13H20N2O. The Kier molecular flexibility index (Phi) is 4.31. The van der Waals surface area contributed by atoms with Crippen LogP contribution in [0, 0.1) is 0 Å². The first kappa shape index (κ1) is 11.6. The highest BCUT2D eigenvalue weighted by Crippen LogP contribution is 2.17. The molecule has 3 nitrogen and oxygen atoms in total. The van der Waals surface area contributed by atoms with Crippen molar-refractivity contribution in [3.05, 3.63) is 30.1 Å². The molecule has 1 aromatic heterocycles. The van der Waals surface area contributed by atoms with E-state index in [1.807, 2.05) is 12.3 Å². The normalized spacial score (nSPS) is 21.4. The highest BCUT2D eigenvalue weighted by Gasteiger charge is 2.19. The van der Waals surface area contributed by atoms with E-state index in [-0.39, 0.29) is 0 Å². The molecule has 1 saturated heterocycles. The summed E-state index contributed by atoms with van der Waals surface area (Å²) in [7, 11) is 2.21. The molecule has 0 unspecified atom stereocenters. The summed E-state index contributed by atoms with van der Waals surface area (Å²) in [5.74, 6) is 0. The number of pyridine rings is 1. The molecule has 1 fully saturated rings. The van der Waals surface area contributed by atoms with Gasteiger partial charge in [-0.2, -0.15) is 0 Å². The summed E-state index contributed by atoms with van der Waals surface area (Å²) in [4.78, 5) is 6.50. The third-order valence-corrected chi connectivity index (χ3v) is 3.26. The van der Waals surface area contributed by atoms with Crippen molar-refractivity contribution in [3.8, 4) is 0 Å². The molecule has 0 aliphatic carbocycles. The minimum Gasteiger partial charge on any atom is -0.377 e. The highest BCUT2D eigenvalue weighted by atomic mass is 16.5. The zero-order valence-electron chi connectivity index (χ0n) is 9.93. The van der Waals surface area contributed by atoms with E-state index in [2.05, 4.69) is 23.0 Å². The van der Waals surface area contributed by atoms with Gasteiger partial charge in [-0.05, 0) is 44.5 Å². The lowest BCUT2D eigenvalue weighted by atomic mass is 10.1. The van der Waals surface area contributed by atoms with E-state index in [9.17, 15) is 0 Å². The molecule has 16 heavy (non-hydrogen) atoms. The van der Waals surface area contributed by atoms with Crippen LogP contribution >= 0.6 is 0 Å². The van der Waals surface area contributed by atoms with Crippen LogP contribution in [0.25, 0.3) is 0 Å². The van der Waals surface area contributed by atoms with E-state index < -0.39 is 0 Å². The maximum absolute atomic E-state index is 5.66. The van der Waals surface area contributed by atoms with Crippen molar-refractivity contribution in [2.75, 3.05) is 20.2 Å². The lowest BCUT2D eigenvalue weighted by Gasteiger charge is -2.18. The van der Waals surface area contributed by atoms with Gasteiger partial charge in [-0.3, -0.25) is 4.98 Å². The smallest absolute Gasteiger partial charge is 0.0731 e. The Morgan fingerprint density at radius 2 is 2.50 bits per heavy atom. The molecule has 0 amide bonds. The van der Waals surface area contributed by atoms with Crippen LogP contribution in [0.4, 0.5) is 0 Å². The molecular weight excluding hydrogens is 200 g/mol. The van der Waals surface area contributed by atoms with Crippen LogP contribution in [-0.4, -0.2) is 36.1 Å². The molecule has 0 aromatic carbocycles. The van der Waals surface area contributed by atoms with Crippen LogP contribution < -0.4 is 0 Å². The van der Waals surface area contributed by atoms with Gasteiger partial charge in [0.1, 0.15) is 0 Å². The molecule has 0 bridgehead atoms. The van der Waals surface area contributed by atoms with Gasteiger partial charge < -0.3 is 9.64 Å². The summed E-state index contributed by atoms with van der Waals surface area (Å²) >= 11 is 0. The number of nitrogens with zero attached hydrogens (tertiary/aromatic N) is 2. The van der Waals surface area contributed by atoms with Crippen LogP contribution in [0.5, 0.6) is 0 Å². The maximum atomic E-state index is 5.66. The number of hydrogen-bond donors (Lipinski definition) is 0. The zero-order chi connectivity index (χ0) is 11.2. The van der Waals surface area contributed by atoms with Crippen molar-refractivity contribution in [2.45, 2.75) is 31.9 Å². The van der Waals surface area contributed by atoms with Crippen molar-refractivity contribution >= 4 is 0 Å². The number of ether oxygens (including phenoxy) is 1. The predicted molar refractivity (Wildman–Crippen MR) is 64.2 cm³/mol. The van der Waals surface area contributed by atoms with Crippen molar-refractivity contribution < 1.29 is 4.74 Å². The molecule has 2 rings (SSSR count). The molecule has 1 atom stereocenters. The SMILES string of the molecule is CN1CCC[C@H]1CCOCc1cccnc1. The van der Waals surface area contributed by atoms with Crippen LogP contribution in [0.2, 0.25) is 0 Å². The topological polar surface area (TPSA) is 25.4 Å². The van der Waals surface area contributed by atoms with Crippen LogP contribution in [0.15, 0.2) is 24.5 Å². The van der Waals surface area contributed by atoms with Gasteiger partial charge in [0.05, 0.1) is 6.61 Å². The largest absolute Gasteiger partial charge is 0.377 e. The Labute approximate surface area is 97.4 Å². The van der Waals surface area contributed by atoms with Crippen molar-refractivity contribution in [1.29, 1.82) is 0 Å². The van der Waals surface area contributed by atoms with Gasteiger partial charge in [0.25, 0.3) is 0 Å². The van der Waals surface area contributed by atoms with E-state index in [1.54, 1.807) is 6.20 Å². The van der Waals surface area contributed by atoms with Crippen LogP contribution in [0.3, 0.4) is 0 Å². The van der Waals surface area contributed by atoms with Crippen molar-refractivity contribution in [2.24, 2.45) is 0 Å². The quantitative estimate of drug-likeness (QED) is 0.710. The summed E-state index contributed by atoms with van der Waals surface area (Å²) in [6.07, 6.45) is 7.46. The number of likely N-dealkylation sites (tertiary alicyclic amines) is 1. The highest BCUT2D eigenvalue weighted by molar-refractivity contribution is 5.06. The molecule has 3 heteroatoms. The lowest BCUT2D eigenvalue weighted by molar-refractivity contribution is 0.101. The second-order valence-corrected chi connectivity index (χ2v) is 4.48. The molecule has 88 valence electrons.